The van der Waals surface area contributed by atoms with Crippen molar-refractivity contribution in [3.63, 3.8) is 0 Å². The highest BCUT2D eigenvalue weighted by molar-refractivity contribution is 7.13. The Hall–Kier alpha value is -3.01. The molecule has 0 aliphatic carbocycles. The fourth-order valence-corrected chi connectivity index (χ4v) is 2.98. The van der Waals surface area contributed by atoms with Crippen molar-refractivity contribution >= 4 is 34.3 Å². The Morgan fingerprint density at radius 3 is 2.85 bits per heavy atom. The van der Waals surface area contributed by atoms with Gasteiger partial charge in [0.2, 0.25) is 5.10 Å². The molecule has 2 heterocycles. The summed E-state index contributed by atoms with van der Waals surface area (Å²) in [6.07, 6.45) is 1.53. The van der Waals surface area contributed by atoms with Gasteiger partial charge in [-0.05, 0) is 31.5 Å². The van der Waals surface area contributed by atoms with Crippen LogP contribution in [0.4, 0.5) is 5.95 Å². The number of ether oxygens (including phenoxy) is 1. The van der Waals surface area contributed by atoms with E-state index in [0.29, 0.717) is 9.58 Å². The summed E-state index contributed by atoms with van der Waals surface area (Å²) in [6.45, 7) is 3.63. The van der Waals surface area contributed by atoms with Crippen LogP contribution in [0.2, 0.25) is 0 Å². The number of anilines is 1. The molecule has 1 N–H and O–H groups in total. The zero-order valence-electron chi connectivity index (χ0n) is 14.2. The van der Waals surface area contributed by atoms with Crippen LogP contribution in [-0.2, 0) is 9.53 Å². The molecule has 0 fully saturated rings. The molecule has 0 bridgehead atoms. The van der Waals surface area contributed by atoms with Crippen molar-refractivity contribution in [2.75, 3.05) is 11.9 Å². The molecule has 3 aromatic rings. The highest BCUT2D eigenvalue weighted by Gasteiger charge is 2.21. The molecule has 10 heteroatoms. The first kappa shape index (κ1) is 17.8. The largest absolute Gasteiger partial charge is 0.739 e. The molecule has 136 valence electrons. The summed E-state index contributed by atoms with van der Waals surface area (Å²) in [5.41, 5.74) is 2.79. The van der Waals surface area contributed by atoms with Gasteiger partial charge in [-0.2, -0.15) is 0 Å². The number of nitrogens with one attached hydrogen (secondary N) is 1. The molecule has 0 radical (unpaired) electrons. The van der Waals surface area contributed by atoms with Gasteiger partial charge in [0.25, 0.3) is 5.52 Å². The summed E-state index contributed by atoms with van der Waals surface area (Å²) in [6, 6.07) is 4.90. The molecule has 0 aliphatic heterocycles. The van der Waals surface area contributed by atoms with Gasteiger partial charge in [-0.3, -0.25) is 15.1 Å². The van der Waals surface area contributed by atoms with Gasteiger partial charge in [-0.25, -0.2) is 4.73 Å². The van der Waals surface area contributed by atoms with Crippen molar-refractivity contribution in [3.05, 3.63) is 40.3 Å². The quantitative estimate of drug-likeness (QED) is 0.393. The monoisotopic (exact) mass is 375 g/mol. The van der Waals surface area contributed by atoms with E-state index in [0.717, 1.165) is 10.4 Å². The summed E-state index contributed by atoms with van der Waals surface area (Å²) >= 11 is 1.43. The van der Waals surface area contributed by atoms with E-state index in [4.69, 9.17) is 4.74 Å². The number of carbonyl (C=O) groups excluding carboxylic acids is 1. The van der Waals surface area contributed by atoms with Crippen LogP contribution in [-0.4, -0.2) is 28.7 Å². The fraction of sp³-hybridized carbons (Fsp3) is 0.312. The first-order valence-electron chi connectivity index (χ1n) is 7.95. The van der Waals surface area contributed by atoms with Crippen molar-refractivity contribution in [1.82, 2.24) is 10.1 Å². The highest BCUT2D eigenvalue weighted by atomic mass is 32.1. The van der Waals surface area contributed by atoms with Crippen LogP contribution in [0.1, 0.15) is 20.3 Å². The minimum Gasteiger partial charge on any atom is -0.739 e. The van der Waals surface area contributed by atoms with E-state index in [1.54, 1.807) is 43.8 Å². The molecule has 0 saturated heterocycles. The average molecular weight is 375 g/mol. The highest BCUT2D eigenvalue weighted by Crippen LogP contribution is 2.25. The first-order valence-corrected chi connectivity index (χ1v) is 8.83. The van der Waals surface area contributed by atoms with Crippen molar-refractivity contribution in [1.29, 1.82) is 0 Å². The smallest absolute Gasteiger partial charge is 0.460 e. The summed E-state index contributed by atoms with van der Waals surface area (Å²) in [5.74, 6) is -0.570. The summed E-state index contributed by atoms with van der Waals surface area (Å²) < 4.78 is 5.56. The topological polar surface area (TPSA) is 118 Å². The molecule has 0 saturated carbocycles. The maximum Gasteiger partial charge on any atom is 0.460 e. The van der Waals surface area contributed by atoms with Crippen molar-refractivity contribution in [3.8, 4) is 10.4 Å². The van der Waals surface area contributed by atoms with Gasteiger partial charge in [0.15, 0.2) is 5.52 Å². The molecule has 1 aromatic carbocycles. The Morgan fingerprint density at radius 2 is 2.15 bits per heavy atom. The van der Waals surface area contributed by atoms with Crippen LogP contribution >= 0.6 is 11.3 Å². The van der Waals surface area contributed by atoms with E-state index in [-0.39, 0.29) is 36.1 Å². The second-order valence-electron chi connectivity index (χ2n) is 5.78. The Balaban J connectivity index is 1.84. The number of rotatable bonds is 6. The maximum atomic E-state index is 12.6. The third-order valence-electron chi connectivity index (χ3n) is 3.47. The summed E-state index contributed by atoms with van der Waals surface area (Å²) in [4.78, 5) is 16.8. The van der Waals surface area contributed by atoms with Gasteiger partial charge in [-0.1, -0.05) is 0 Å². The molecular formula is C16H17N5O4S. The average Bonchev–Trinajstić information content (AvgIpc) is 3.12. The number of fused-ring (bicyclic) bond motifs is 1. The number of hydrogen-bond acceptors (Lipinski definition) is 8. The first-order chi connectivity index (χ1) is 12.5. The van der Waals surface area contributed by atoms with Gasteiger partial charge in [0.05, 0.1) is 29.5 Å². The van der Waals surface area contributed by atoms with Crippen molar-refractivity contribution < 1.29 is 19.1 Å². The SMILES string of the molecule is CC(C)OC(=O)CCNc1n[n+]([O-])c2ccc(-c3cncs3)cc2[n+]1[O-]. The molecule has 3 rings (SSSR count). The molecule has 2 aromatic heterocycles. The zero-order valence-corrected chi connectivity index (χ0v) is 15.0. The molecular weight excluding hydrogens is 358 g/mol. The Morgan fingerprint density at radius 1 is 1.35 bits per heavy atom. The van der Waals surface area contributed by atoms with Crippen molar-refractivity contribution in [2.24, 2.45) is 0 Å². The minimum atomic E-state index is -0.395. The summed E-state index contributed by atoms with van der Waals surface area (Å²) in [7, 11) is 0. The lowest BCUT2D eigenvalue weighted by Crippen LogP contribution is -2.44. The zero-order chi connectivity index (χ0) is 18.7. The van der Waals surface area contributed by atoms with E-state index >= 15 is 0 Å². The summed E-state index contributed by atoms with van der Waals surface area (Å²) in [5, 5.41) is 31.1. The van der Waals surface area contributed by atoms with Gasteiger partial charge in [0.1, 0.15) is 0 Å². The van der Waals surface area contributed by atoms with E-state index < -0.39 is 5.97 Å². The Bertz CT molecular complexity index is 930. The number of carbonyl (C=O) groups is 1. The lowest BCUT2D eigenvalue weighted by Gasteiger charge is -2.11. The molecule has 0 aliphatic rings. The number of nitrogens with zero attached hydrogens (tertiary/aromatic N) is 4. The van der Waals surface area contributed by atoms with Gasteiger partial charge < -0.3 is 15.2 Å². The van der Waals surface area contributed by atoms with Gasteiger partial charge in [-0.15, -0.1) is 11.3 Å². The number of benzene rings is 1. The maximum absolute atomic E-state index is 12.6. The number of esters is 1. The second kappa shape index (κ2) is 7.48. The minimum absolute atomic E-state index is 0.0532. The van der Waals surface area contributed by atoms with E-state index in [1.165, 1.54) is 11.3 Å². The van der Waals surface area contributed by atoms with E-state index in [2.05, 4.69) is 15.4 Å². The van der Waals surface area contributed by atoms with Gasteiger partial charge >= 0.3 is 11.9 Å². The molecule has 0 unspecified atom stereocenters. The predicted octanol–water partition coefficient (Wildman–Crippen LogP) is 1.38. The molecule has 0 spiro atoms. The number of aromatic nitrogens is 4. The number of thiazole rings is 1. The predicted molar refractivity (Wildman–Crippen MR) is 95.1 cm³/mol. The third kappa shape index (κ3) is 3.80. The van der Waals surface area contributed by atoms with Crippen LogP contribution in [0.5, 0.6) is 0 Å². The van der Waals surface area contributed by atoms with Crippen LogP contribution in [0.15, 0.2) is 29.9 Å². The lowest BCUT2D eigenvalue weighted by molar-refractivity contribution is -0.672. The van der Waals surface area contributed by atoms with Crippen LogP contribution in [0.3, 0.4) is 0 Å². The number of hydrogen-bond donors (Lipinski definition) is 1. The fourth-order valence-electron chi connectivity index (χ4n) is 2.36. The Labute approximate surface area is 153 Å². The van der Waals surface area contributed by atoms with Crippen molar-refractivity contribution in [2.45, 2.75) is 26.4 Å². The van der Waals surface area contributed by atoms with Crippen LogP contribution in [0.25, 0.3) is 21.5 Å². The standard InChI is InChI=1S/C16H17N5O4S/c1-10(2)25-15(22)5-6-18-16-19-21(24)12-4-3-11(7-13(12)20(16)23)14-8-17-9-26-14/h3-4,7-10H,5-6H2,1-2H3,(H,18,19). The molecule has 0 amide bonds. The van der Waals surface area contributed by atoms with Gasteiger partial charge in [0, 0.05) is 17.1 Å². The lowest BCUT2D eigenvalue weighted by atomic mass is 10.2. The molecule has 26 heavy (non-hydrogen) atoms. The van der Waals surface area contributed by atoms with E-state index in [9.17, 15) is 15.2 Å². The third-order valence-corrected chi connectivity index (χ3v) is 4.30. The molecule has 9 nitrogen and oxygen atoms in total. The molecule has 0 atom stereocenters. The van der Waals surface area contributed by atoms with E-state index in [1.807, 2.05) is 0 Å². The Kier molecular flexibility index (Phi) is 5.12. The van der Waals surface area contributed by atoms with Crippen LogP contribution in [0, 0.1) is 10.4 Å². The van der Waals surface area contributed by atoms with Crippen LogP contribution < -0.4 is 14.9 Å². The normalized spacial score (nSPS) is 11.0. The second-order valence-corrected chi connectivity index (χ2v) is 6.66.